The first-order chi connectivity index (χ1) is 15.8. The molecule has 33 heavy (non-hydrogen) atoms. The summed E-state index contributed by atoms with van der Waals surface area (Å²) in [4.78, 5) is 26.8. The van der Waals surface area contributed by atoms with Crippen molar-refractivity contribution >= 4 is 21.8 Å². The topological polar surface area (TPSA) is 130 Å². The zero-order valence-electron chi connectivity index (χ0n) is 17.9. The van der Waals surface area contributed by atoms with Crippen LogP contribution in [0.3, 0.4) is 0 Å². The van der Waals surface area contributed by atoms with Crippen LogP contribution in [0.1, 0.15) is 20.8 Å². The first-order valence-corrected chi connectivity index (χ1v) is 11.7. The second kappa shape index (κ2) is 9.48. The first-order valence-electron chi connectivity index (χ1n) is 10.2. The molecular formula is C21H23N7O4S. The van der Waals surface area contributed by atoms with E-state index in [9.17, 15) is 18.0 Å². The van der Waals surface area contributed by atoms with Crippen LogP contribution in [0.2, 0.25) is 0 Å². The number of hydrogen-bond donors (Lipinski definition) is 2. The SMILES string of the molecule is CN1CCN(S(=O)(=O)c2ccc(C(=O)NNC(=O)c3cn(-c4ccccc4)nn3)cc2)CC1. The standard InChI is InChI=1S/C21H23N7O4S/c1-26-11-13-27(14-12-26)33(31,32)18-9-7-16(8-10-18)20(29)23-24-21(30)19-15-28(25-22-19)17-5-3-2-4-6-17/h2-10,15H,11-14H2,1H3,(H,23,29)(H,24,30). The van der Waals surface area contributed by atoms with Crippen LogP contribution in [0, 0.1) is 0 Å². The Hall–Kier alpha value is -3.61. The maximum absolute atomic E-state index is 12.8. The van der Waals surface area contributed by atoms with Gasteiger partial charge in [-0.15, -0.1) is 5.10 Å². The molecule has 1 aliphatic heterocycles. The van der Waals surface area contributed by atoms with Crippen molar-refractivity contribution in [1.82, 2.24) is 35.1 Å². The van der Waals surface area contributed by atoms with E-state index in [4.69, 9.17) is 0 Å². The molecule has 0 radical (unpaired) electrons. The predicted molar refractivity (Wildman–Crippen MR) is 119 cm³/mol. The molecule has 2 aromatic carbocycles. The molecule has 0 saturated carbocycles. The summed E-state index contributed by atoms with van der Waals surface area (Å²) in [6.07, 6.45) is 1.44. The van der Waals surface area contributed by atoms with Gasteiger partial charge in [0.1, 0.15) is 0 Å². The lowest BCUT2D eigenvalue weighted by molar-refractivity contribution is 0.0844. The van der Waals surface area contributed by atoms with Crippen LogP contribution >= 0.6 is 0 Å². The molecule has 0 aliphatic carbocycles. The average Bonchev–Trinajstić information content (AvgIpc) is 3.34. The van der Waals surface area contributed by atoms with Gasteiger partial charge in [-0.25, -0.2) is 13.1 Å². The summed E-state index contributed by atoms with van der Waals surface area (Å²) in [5.74, 6) is -1.23. The van der Waals surface area contributed by atoms with Gasteiger partial charge in [0.15, 0.2) is 5.69 Å². The quantitative estimate of drug-likeness (QED) is 0.514. The number of piperazine rings is 1. The zero-order valence-corrected chi connectivity index (χ0v) is 18.7. The van der Waals surface area contributed by atoms with E-state index in [-0.39, 0.29) is 16.2 Å². The summed E-state index contributed by atoms with van der Waals surface area (Å²) in [5, 5.41) is 7.70. The van der Waals surface area contributed by atoms with Crippen LogP contribution in [0.25, 0.3) is 5.69 Å². The Kier molecular flexibility index (Phi) is 6.49. The summed E-state index contributed by atoms with van der Waals surface area (Å²) in [6, 6.07) is 14.7. The third kappa shape index (κ3) is 5.08. The normalized spacial score (nSPS) is 15.2. The van der Waals surface area contributed by atoms with Crippen molar-refractivity contribution in [2.45, 2.75) is 4.90 Å². The lowest BCUT2D eigenvalue weighted by Gasteiger charge is -2.31. The van der Waals surface area contributed by atoms with Crippen LogP contribution in [0.4, 0.5) is 0 Å². The van der Waals surface area contributed by atoms with Gasteiger partial charge in [0.25, 0.3) is 11.8 Å². The molecular weight excluding hydrogens is 446 g/mol. The third-order valence-electron chi connectivity index (χ3n) is 5.25. The summed E-state index contributed by atoms with van der Waals surface area (Å²) < 4.78 is 28.4. The molecule has 3 aromatic rings. The van der Waals surface area contributed by atoms with Gasteiger partial charge in [-0.2, -0.15) is 4.31 Å². The number of aromatic nitrogens is 3. The molecule has 4 rings (SSSR count). The smallest absolute Gasteiger partial charge is 0.291 e. The molecule has 1 saturated heterocycles. The third-order valence-corrected chi connectivity index (χ3v) is 7.17. The molecule has 0 spiro atoms. The predicted octanol–water partition coefficient (Wildman–Crippen LogP) is 0.278. The second-order valence-electron chi connectivity index (χ2n) is 7.52. The maximum atomic E-state index is 12.8. The Morgan fingerprint density at radius 2 is 1.52 bits per heavy atom. The Bertz CT molecular complexity index is 1240. The Balaban J connectivity index is 1.35. The summed E-state index contributed by atoms with van der Waals surface area (Å²) in [7, 11) is -1.68. The number of rotatable bonds is 5. The van der Waals surface area contributed by atoms with E-state index in [1.165, 1.54) is 39.4 Å². The number of benzene rings is 2. The molecule has 1 fully saturated rings. The Morgan fingerprint density at radius 1 is 0.879 bits per heavy atom. The van der Waals surface area contributed by atoms with E-state index >= 15 is 0 Å². The number of hydrogen-bond acceptors (Lipinski definition) is 7. The molecule has 12 heteroatoms. The van der Waals surface area contributed by atoms with Crippen molar-refractivity contribution < 1.29 is 18.0 Å². The van der Waals surface area contributed by atoms with Gasteiger partial charge in [-0.3, -0.25) is 20.4 Å². The van der Waals surface area contributed by atoms with E-state index < -0.39 is 21.8 Å². The monoisotopic (exact) mass is 469 g/mol. The molecule has 172 valence electrons. The summed E-state index contributed by atoms with van der Waals surface area (Å²) >= 11 is 0. The first kappa shape index (κ1) is 22.6. The van der Waals surface area contributed by atoms with Crippen molar-refractivity contribution in [1.29, 1.82) is 0 Å². The number of nitrogens with one attached hydrogen (secondary N) is 2. The summed E-state index contributed by atoms with van der Waals surface area (Å²) in [5.41, 5.74) is 5.52. The number of carbonyl (C=O) groups is 2. The van der Waals surface area contributed by atoms with Gasteiger partial charge in [-0.1, -0.05) is 23.4 Å². The molecule has 0 bridgehead atoms. The lowest BCUT2D eigenvalue weighted by Crippen LogP contribution is -2.47. The number of likely N-dealkylation sites (N-methyl/N-ethyl adjacent to an activating group) is 1. The van der Waals surface area contributed by atoms with Crippen LogP contribution in [0.15, 0.2) is 65.7 Å². The highest BCUT2D eigenvalue weighted by atomic mass is 32.2. The summed E-state index contributed by atoms with van der Waals surface area (Å²) in [6.45, 7) is 2.17. The number of para-hydroxylation sites is 1. The van der Waals surface area contributed by atoms with Crippen molar-refractivity contribution in [3.05, 3.63) is 72.1 Å². The van der Waals surface area contributed by atoms with Crippen molar-refractivity contribution in [3.8, 4) is 5.69 Å². The molecule has 1 aromatic heterocycles. The van der Waals surface area contributed by atoms with E-state index in [2.05, 4.69) is 26.1 Å². The van der Waals surface area contributed by atoms with E-state index in [0.29, 0.717) is 26.2 Å². The molecule has 1 aliphatic rings. The fourth-order valence-corrected chi connectivity index (χ4v) is 4.70. The van der Waals surface area contributed by atoms with Crippen molar-refractivity contribution in [2.24, 2.45) is 0 Å². The zero-order chi connectivity index (χ0) is 23.4. The highest BCUT2D eigenvalue weighted by Crippen LogP contribution is 2.18. The van der Waals surface area contributed by atoms with Crippen LogP contribution in [0.5, 0.6) is 0 Å². The molecule has 2 N–H and O–H groups in total. The molecule has 0 atom stereocenters. The minimum Gasteiger partial charge on any atom is -0.304 e. The molecule has 2 heterocycles. The minimum atomic E-state index is -3.62. The van der Waals surface area contributed by atoms with Crippen molar-refractivity contribution in [3.63, 3.8) is 0 Å². The van der Waals surface area contributed by atoms with Gasteiger partial charge in [0.05, 0.1) is 16.8 Å². The number of hydrazine groups is 1. The fourth-order valence-electron chi connectivity index (χ4n) is 3.28. The van der Waals surface area contributed by atoms with E-state index in [1.54, 1.807) is 0 Å². The lowest BCUT2D eigenvalue weighted by atomic mass is 10.2. The molecule has 11 nitrogen and oxygen atoms in total. The number of nitrogens with zero attached hydrogens (tertiary/aromatic N) is 5. The maximum Gasteiger partial charge on any atom is 0.291 e. The van der Waals surface area contributed by atoms with Crippen LogP contribution < -0.4 is 10.9 Å². The number of amides is 2. The van der Waals surface area contributed by atoms with Gasteiger partial charge >= 0.3 is 0 Å². The van der Waals surface area contributed by atoms with Crippen LogP contribution in [-0.2, 0) is 10.0 Å². The van der Waals surface area contributed by atoms with E-state index in [1.807, 2.05) is 37.4 Å². The largest absolute Gasteiger partial charge is 0.304 e. The Labute approximate surface area is 191 Å². The van der Waals surface area contributed by atoms with E-state index in [0.717, 1.165) is 5.69 Å². The highest BCUT2D eigenvalue weighted by Gasteiger charge is 2.27. The van der Waals surface area contributed by atoms with Gasteiger partial charge in [-0.05, 0) is 43.4 Å². The number of carbonyl (C=O) groups excluding carboxylic acids is 2. The fraction of sp³-hybridized carbons (Fsp3) is 0.238. The average molecular weight is 470 g/mol. The Morgan fingerprint density at radius 3 is 2.18 bits per heavy atom. The number of sulfonamides is 1. The van der Waals surface area contributed by atoms with Crippen LogP contribution in [-0.4, -0.2) is 77.7 Å². The van der Waals surface area contributed by atoms with Gasteiger partial charge in [0.2, 0.25) is 10.0 Å². The highest BCUT2D eigenvalue weighted by molar-refractivity contribution is 7.89. The van der Waals surface area contributed by atoms with Crippen molar-refractivity contribution in [2.75, 3.05) is 33.2 Å². The molecule has 0 unspecified atom stereocenters. The molecule has 2 amide bonds. The second-order valence-corrected chi connectivity index (χ2v) is 9.46. The minimum absolute atomic E-state index is 0.0211. The van der Waals surface area contributed by atoms with Gasteiger partial charge in [0, 0.05) is 31.7 Å². The van der Waals surface area contributed by atoms with Gasteiger partial charge < -0.3 is 4.90 Å².